The molecule has 0 aliphatic heterocycles. The van der Waals surface area contributed by atoms with Crippen molar-refractivity contribution in [3.05, 3.63) is 21.0 Å². The third kappa shape index (κ3) is 2.05. The van der Waals surface area contributed by atoms with E-state index in [2.05, 4.69) is 15.4 Å². The minimum Gasteiger partial charge on any atom is -0.309 e. The van der Waals surface area contributed by atoms with Crippen LogP contribution in [-0.4, -0.2) is 20.5 Å². The van der Waals surface area contributed by atoms with Crippen LogP contribution in [0.4, 0.5) is 5.82 Å². The summed E-state index contributed by atoms with van der Waals surface area (Å²) in [6, 6.07) is 3.39. The average Bonchev–Trinajstić information content (AvgIpc) is 2.44. The molecular formula is C8H6ClIN4O. The maximum Gasteiger partial charge on any atom is 0.222 e. The van der Waals surface area contributed by atoms with Gasteiger partial charge < -0.3 is 5.32 Å². The largest absolute Gasteiger partial charge is 0.309 e. The van der Waals surface area contributed by atoms with E-state index in [-0.39, 0.29) is 5.91 Å². The third-order valence-electron chi connectivity index (χ3n) is 1.68. The summed E-state index contributed by atoms with van der Waals surface area (Å²) < 4.78 is 2.30. The number of carbonyl (C=O) groups is 1. The lowest BCUT2D eigenvalue weighted by atomic mass is 10.6. The molecule has 2 heterocycles. The van der Waals surface area contributed by atoms with Crippen molar-refractivity contribution in [1.82, 2.24) is 14.6 Å². The predicted octanol–water partition coefficient (Wildman–Crippen LogP) is 1.95. The second-order valence-electron chi connectivity index (χ2n) is 2.86. The maximum atomic E-state index is 10.9. The molecule has 1 amide bonds. The molecule has 0 aromatic carbocycles. The van der Waals surface area contributed by atoms with Crippen LogP contribution in [-0.2, 0) is 4.79 Å². The van der Waals surface area contributed by atoms with Gasteiger partial charge in [0.15, 0.2) is 11.5 Å². The van der Waals surface area contributed by atoms with Crippen LogP contribution >= 0.6 is 34.2 Å². The predicted molar refractivity (Wildman–Crippen MR) is 65.0 cm³/mol. The summed E-state index contributed by atoms with van der Waals surface area (Å²) in [7, 11) is 0. The number of nitrogens with one attached hydrogen (secondary N) is 1. The number of fused-ring (bicyclic) bond motifs is 1. The van der Waals surface area contributed by atoms with Crippen molar-refractivity contribution < 1.29 is 4.79 Å². The van der Waals surface area contributed by atoms with E-state index < -0.39 is 0 Å². The number of anilines is 1. The molecule has 0 spiro atoms. The summed E-state index contributed by atoms with van der Waals surface area (Å²) in [6.45, 7) is 1.43. The van der Waals surface area contributed by atoms with Crippen LogP contribution in [0.5, 0.6) is 0 Å². The van der Waals surface area contributed by atoms with Crippen molar-refractivity contribution in [1.29, 1.82) is 0 Å². The van der Waals surface area contributed by atoms with Crippen molar-refractivity contribution in [2.24, 2.45) is 0 Å². The van der Waals surface area contributed by atoms with Gasteiger partial charge in [0, 0.05) is 6.92 Å². The van der Waals surface area contributed by atoms with E-state index in [1.807, 2.05) is 22.6 Å². The molecule has 15 heavy (non-hydrogen) atoms. The molecule has 0 aliphatic carbocycles. The fourth-order valence-electron chi connectivity index (χ4n) is 1.13. The fourth-order valence-corrected chi connectivity index (χ4v) is 1.88. The molecule has 2 aromatic heterocycles. The summed E-state index contributed by atoms with van der Waals surface area (Å²) in [5.41, 5.74) is 0.646. The van der Waals surface area contributed by atoms with E-state index >= 15 is 0 Å². The first-order chi connectivity index (χ1) is 7.08. The van der Waals surface area contributed by atoms with Gasteiger partial charge >= 0.3 is 0 Å². The molecule has 7 heteroatoms. The van der Waals surface area contributed by atoms with Gasteiger partial charge in [-0.3, -0.25) is 4.79 Å². The fraction of sp³-hybridized carbons (Fsp3) is 0.125. The lowest BCUT2D eigenvalue weighted by Crippen LogP contribution is -2.07. The monoisotopic (exact) mass is 336 g/mol. The minimum absolute atomic E-state index is 0.164. The SMILES string of the molecule is CC(=O)Nc1nc2ccc(Cl)nn2c1I. The first-order valence-corrected chi connectivity index (χ1v) is 5.52. The Morgan fingerprint density at radius 1 is 1.60 bits per heavy atom. The van der Waals surface area contributed by atoms with Gasteiger partial charge in [0.05, 0.1) is 0 Å². The van der Waals surface area contributed by atoms with E-state index in [0.29, 0.717) is 16.6 Å². The van der Waals surface area contributed by atoms with E-state index in [9.17, 15) is 4.79 Å². The second kappa shape index (κ2) is 3.93. The average molecular weight is 337 g/mol. The number of carbonyl (C=O) groups excluding carboxylic acids is 1. The molecular weight excluding hydrogens is 330 g/mol. The molecule has 0 bridgehead atoms. The summed E-state index contributed by atoms with van der Waals surface area (Å²) in [5.74, 6) is 0.334. The van der Waals surface area contributed by atoms with Gasteiger partial charge in [0.25, 0.3) is 0 Å². The van der Waals surface area contributed by atoms with Crippen LogP contribution in [0, 0.1) is 3.70 Å². The highest BCUT2D eigenvalue weighted by molar-refractivity contribution is 14.1. The highest BCUT2D eigenvalue weighted by Gasteiger charge is 2.11. The second-order valence-corrected chi connectivity index (χ2v) is 4.27. The van der Waals surface area contributed by atoms with Crippen molar-refractivity contribution in [2.75, 3.05) is 5.32 Å². The zero-order valence-corrected chi connectivity index (χ0v) is 10.6. The van der Waals surface area contributed by atoms with Crippen molar-refractivity contribution in [2.45, 2.75) is 6.92 Å². The number of hydrogen-bond acceptors (Lipinski definition) is 3. The molecule has 0 atom stereocenters. The first kappa shape index (κ1) is 10.6. The third-order valence-corrected chi connectivity index (χ3v) is 2.85. The zero-order chi connectivity index (χ0) is 11.0. The number of imidazole rings is 1. The quantitative estimate of drug-likeness (QED) is 0.810. The summed E-state index contributed by atoms with van der Waals surface area (Å²) >= 11 is 7.80. The highest BCUT2D eigenvalue weighted by Crippen LogP contribution is 2.19. The Bertz CT molecular complexity index is 539. The molecule has 2 aromatic rings. The maximum absolute atomic E-state index is 10.9. The first-order valence-electron chi connectivity index (χ1n) is 4.06. The van der Waals surface area contributed by atoms with Crippen molar-refractivity contribution in [3.8, 4) is 0 Å². The molecule has 0 saturated carbocycles. The van der Waals surface area contributed by atoms with Gasteiger partial charge in [-0.1, -0.05) is 11.6 Å². The molecule has 5 nitrogen and oxygen atoms in total. The minimum atomic E-state index is -0.164. The summed E-state index contributed by atoms with van der Waals surface area (Å²) in [5, 5.41) is 7.07. The van der Waals surface area contributed by atoms with Crippen molar-refractivity contribution in [3.63, 3.8) is 0 Å². The number of hydrogen-bond donors (Lipinski definition) is 1. The Balaban J connectivity index is 2.59. The molecule has 0 aliphatic rings. The molecule has 2 rings (SSSR count). The number of nitrogens with zero attached hydrogens (tertiary/aromatic N) is 3. The summed E-state index contributed by atoms with van der Waals surface area (Å²) in [6.07, 6.45) is 0. The molecule has 1 N–H and O–H groups in total. The Kier molecular flexibility index (Phi) is 2.79. The van der Waals surface area contributed by atoms with E-state index in [4.69, 9.17) is 11.6 Å². The van der Waals surface area contributed by atoms with Crippen LogP contribution in [0.3, 0.4) is 0 Å². The van der Waals surface area contributed by atoms with Crippen LogP contribution in [0.15, 0.2) is 12.1 Å². The van der Waals surface area contributed by atoms with E-state index in [1.54, 1.807) is 16.6 Å². The molecule has 0 radical (unpaired) electrons. The number of rotatable bonds is 1. The lowest BCUT2D eigenvalue weighted by molar-refractivity contribution is -0.114. The highest BCUT2D eigenvalue weighted by atomic mass is 127. The smallest absolute Gasteiger partial charge is 0.222 e. The Morgan fingerprint density at radius 3 is 3.00 bits per heavy atom. The van der Waals surface area contributed by atoms with Crippen LogP contribution in [0.1, 0.15) is 6.92 Å². The van der Waals surface area contributed by atoms with Gasteiger partial charge in [-0.05, 0) is 34.7 Å². The Morgan fingerprint density at radius 2 is 2.33 bits per heavy atom. The summed E-state index contributed by atoms with van der Waals surface area (Å²) in [4.78, 5) is 15.1. The Hall–Kier alpha value is -0.890. The Labute approximate surface area is 104 Å². The van der Waals surface area contributed by atoms with Gasteiger partial charge in [0.1, 0.15) is 8.85 Å². The molecule has 0 saturated heterocycles. The van der Waals surface area contributed by atoms with Gasteiger partial charge in [-0.2, -0.15) is 5.10 Å². The van der Waals surface area contributed by atoms with Crippen LogP contribution in [0.2, 0.25) is 5.15 Å². The zero-order valence-electron chi connectivity index (χ0n) is 7.66. The van der Waals surface area contributed by atoms with E-state index in [0.717, 1.165) is 3.70 Å². The molecule has 0 fully saturated rings. The normalized spacial score (nSPS) is 10.6. The van der Waals surface area contributed by atoms with Crippen LogP contribution in [0.25, 0.3) is 5.65 Å². The van der Waals surface area contributed by atoms with E-state index in [1.165, 1.54) is 6.92 Å². The van der Waals surface area contributed by atoms with Gasteiger partial charge in [-0.25, -0.2) is 9.50 Å². The van der Waals surface area contributed by atoms with Crippen LogP contribution < -0.4 is 5.32 Å². The lowest BCUT2D eigenvalue weighted by Gasteiger charge is -1.96. The van der Waals surface area contributed by atoms with Gasteiger partial charge in [0.2, 0.25) is 5.91 Å². The standard InChI is InChI=1S/C8H6ClIN4O/c1-4(15)11-8-7(10)14-6(12-8)3-2-5(9)13-14/h2-3H,1H3,(H,11,15). The topological polar surface area (TPSA) is 59.3 Å². The van der Waals surface area contributed by atoms with Crippen molar-refractivity contribution >= 4 is 51.6 Å². The number of aromatic nitrogens is 3. The molecule has 78 valence electrons. The number of amides is 1. The van der Waals surface area contributed by atoms with Gasteiger partial charge in [-0.15, -0.1) is 0 Å². The number of halogens is 2. The molecule has 0 unspecified atom stereocenters.